The van der Waals surface area contributed by atoms with Gasteiger partial charge in [-0.15, -0.1) is 0 Å². The van der Waals surface area contributed by atoms with Crippen molar-refractivity contribution >= 4 is 38.6 Å². The number of hydrogen-bond donors (Lipinski definition) is 1. The maximum absolute atomic E-state index is 12.9. The molecule has 0 fully saturated rings. The van der Waals surface area contributed by atoms with Crippen LogP contribution >= 0.6 is 22.6 Å². The fraction of sp³-hybridized carbons (Fsp3) is 0. The van der Waals surface area contributed by atoms with Gasteiger partial charge in [-0.05, 0) is 40.8 Å². The van der Waals surface area contributed by atoms with Crippen LogP contribution in [0, 0.1) is 9.39 Å². The van der Waals surface area contributed by atoms with Gasteiger partial charge in [-0.25, -0.2) is 12.8 Å². The van der Waals surface area contributed by atoms with Gasteiger partial charge < -0.3 is 4.55 Å². The predicted molar refractivity (Wildman–Crippen MR) is 52.4 cm³/mol. The molecule has 0 aliphatic heterocycles. The number of halogens is 2. The van der Waals surface area contributed by atoms with Crippen molar-refractivity contribution in [2.24, 2.45) is 0 Å². The van der Waals surface area contributed by atoms with E-state index in [1.54, 1.807) is 0 Å². The Balaban J connectivity index is 0.00000169. The van der Waals surface area contributed by atoms with Gasteiger partial charge in [0, 0.05) is 3.57 Å². The number of anilines is 1. The van der Waals surface area contributed by atoms with E-state index in [1.807, 2.05) is 22.6 Å². The SMILES string of the molecule is O=S(=O)([O-])Nc1ccc(I)cc1F.[Na+]. The molecule has 1 aromatic rings. The molecule has 14 heavy (non-hydrogen) atoms. The van der Waals surface area contributed by atoms with Crippen LogP contribution in [-0.4, -0.2) is 13.0 Å². The number of nitrogens with one attached hydrogen (secondary N) is 1. The number of benzene rings is 1. The monoisotopic (exact) mass is 339 g/mol. The first-order chi connectivity index (χ1) is 5.88. The molecule has 0 amide bonds. The zero-order valence-electron chi connectivity index (χ0n) is 7.12. The van der Waals surface area contributed by atoms with Crippen molar-refractivity contribution in [1.29, 1.82) is 0 Å². The molecule has 0 saturated carbocycles. The molecule has 0 spiro atoms. The maximum Gasteiger partial charge on any atom is 1.00 e. The first-order valence-corrected chi connectivity index (χ1v) is 5.56. The van der Waals surface area contributed by atoms with E-state index < -0.39 is 16.1 Å². The van der Waals surface area contributed by atoms with E-state index in [9.17, 15) is 17.4 Å². The predicted octanol–water partition coefficient (Wildman–Crippen LogP) is -1.69. The molecule has 8 heteroatoms. The molecule has 4 nitrogen and oxygen atoms in total. The third-order valence-electron chi connectivity index (χ3n) is 1.17. The van der Waals surface area contributed by atoms with Gasteiger partial charge in [-0.3, -0.25) is 4.72 Å². The Kier molecular flexibility index (Phi) is 5.85. The standard InChI is InChI=1S/C6H5FINO3S.Na/c7-5-3-4(8)1-2-6(5)9-13(10,11)12;/h1-3,9H,(H,10,11,12);/q;+1/p-1. The van der Waals surface area contributed by atoms with Crippen molar-refractivity contribution in [3.8, 4) is 0 Å². The third kappa shape index (κ3) is 4.89. The first-order valence-electron chi connectivity index (χ1n) is 3.07. The zero-order valence-corrected chi connectivity index (χ0v) is 12.1. The summed E-state index contributed by atoms with van der Waals surface area (Å²) in [5.41, 5.74) is -0.338. The van der Waals surface area contributed by atoms with Crippen LogP contribution in [0.2, 0.25) is 0 Å². The quantitative estimate of drug-likeness (QED) is 0.397. The summed E-state index contributed by atoms with van der Waals surface area (Å²) in [7, 11) is -4.65. The van der Waals surface area contributed by atoms with Crippen molar-refractivity contribution in [3.05, 3.63) is 27.6 Å². The van der Waals surface area contributed by atoms with Gasteiger partial charge in [0.25, 0.3) is 0 Å². The summed E-state index contributed by atoms with van der Waals surface area (Å²) in [6, 6.07) is 3.79. The Morgan fingerprint density at radius 1 is 1.43 bits per heavy atom. The summed E-state index contributed by atoms with van der Waals surface area (Å²) < 4.78 is 45.6. The van der Waals surface area contributed by atoms with Crippen molar-refractivity contribution in [2.45, 2.75) is 0 Å². The molecule has 0 unspecified atom stereocenters. The molecule has 0 atom stereocenters. The van der Waals surface area contributed by atoms with E-state index in [-0.39, 0.29) is 35.2 Å². The van der Waals surface area contributed by atoms with Gasteiger partial charge in [0.2, 0.25) is 0 Å². The Labute approximate surface area is 117 Å². The summed E-state index contributed by atoms with van der Waals surface area (Å²) in [4.78, 5) is 0. The van der Waals surface area contributed by atoms with E-state index in [0.717, 1.165) is 6.07 Å². The molecular weight excluding hydrogens is 335 g/mol. The Hall–Kier alpha value is 0.590. The van der Waals surface area contributed by atoms with Gasteiger partial charge in [0.1, 0.15) is 5.82 Å². The smallest absolute Gasteiger partial charge is 0.731 e. The second-order valence-electron chi connectivity index (χ2n) is 2.18. The Bertz CT molecular complexity index is 425. The minimum atomic E-state index is -4.65. The van der Waals surface area contributed by atoms with E-state index in [4.69, 9.17) is 0 Å². The minimum absolute atomic E-state index is 0. The van der Waals surface area contributed by atoms with E-state index in [0.29, 0.717) is 3.57 Å². The topological polar surface area (TPSA) is 69.2 Å². The second kappa shape index (κ2) is 5.61. The zero-order chi connectivity index (χ0) is 10.1. The molecule has 1 aromatic carbocycles. The van der Waals surface area contributed by atoms with Crippen LogP contribution in [0.5, 0.6) is 0 Å². The maximum atomic E-state index is 12.9. The van der Waals surface area contributed by atoms with Crippen molar-refractivity contribution in [1.82, 2.24) is 0 Å². The van der Waals surface area contributed by atoms with E-state index in [2.05, 4.69) is 0 Å². The molecular formula is C6H4FINNaO3S. The molecule has 0 heterocycles. The van der Waals surface area contributed by atoms with Crippen molar-refractivity contribution in [2.75, 3.05) is 4.72 Å². The molecule has 72 valence electrons. The molecule has 0 aliphatic carbocycles. The van der Waals surface area contributed by atoms with Crippen LogP contribution in [0.1, 0.15) is 0 Å². The van der Waals surface area contributed by atoms with Crippen LogP contribution in [0.3, 0.4) is 0 Å². The normalized spacial score (nSPS) is 10.5. The summed E-state index contributed by atoms with van der Waals surface area (Å²) in [5.74, 6) is -0.772. The van der Waals surface area contributed by atoms with E-state index in [1.165, 1.54) is 16.9 Å². The molecule has 0 aliphatic rings. The molecule has 1 rings (SSSR count). The van der Waals surface area contributed by atoms with Crippen LogP contribution in [0.15, 0.2) is 18.2 Å². The van der Waals surface area contributed by atoms with Crippen molar-refractivity contribution < 1.29 is 46.9 Å². The van der Waals surface area contributed by atoms with Crippen LogP contribution in [0.25, 0.3) is 0 Å². The Morgan fingerprint density at radius 3 is 2.43 bits per heavy atom. The minimum Gasteiger partial charge on any atom is -0.731 e. The average Bonchev–Trinajstić information content (AvgIpc) is 1.93. The molecule has 0 saturated heterocycles. The van der Waals surface area contributed by atoms with Crippen molar-refractivity contribution in [3.63, 3.8) is 0 Å². The first kappa shape index (κ1) is 14.6. The summed E-state index contributed by atoms with van der Waals surface area (Å²) >= 11 is 1.86. The fourth-order valence-electron chi connectivity index (χ4n) is 0.707. The summed E-state index contributed by atoms with van der Waals surface area (Å²) in [6.07, 6.45) is 0. The van der Waals surface area contributed by atoms with Crippen LogP contribution in [0.4, 0.5) is 10.1 Å². The van der Waals surface area contributed by atoms with E-state index >= 15 is 0 Å². The summed E-state index contributed by atoms with van der Waals surface area (Å²) in [5, 5.41) is 0. The molecule has 1 N–H and O–H groups in total. The fourth-order valence-corrected chi connectivity index (χ4v) is 1.59. The summed E-state index contributed by atoms with van der Waals surface area (Å²) in [6.45, 7) is 0. The molecule has 0 aromatic heterocycles. The molecule has 0 radical (unpaired) electrons. The second-order valence-corrected chi connectivity index (χ2v) is 4.54. The van der Waals surface area contributed by atoms with Gasteiger partial charge in [-0.2, -0.15) is 0 Å². The van der Waals surface area contributed by atoms with Gasteiger partial charge >= 0.3 is 29.6 Å². The van der Waals surface area contributed by atoms with Gasteiger partial charge in [0.05, 0.1) is 5.69 Å². The number of rotatable bonds is 2. The van der Waals surface area contributed by atoms with Gasteiger partial charge in [-0.1, -0.05) is 0 Å². The Morgan fingerprint density at radius 2 is 2.00 bits per heavy atom. The molecule has 0 bridgehead atoms. The number of hydrogen-bond acceptors (Lipinski definition) is 3. The third-order valence-corrected chi connectivity index (χ3v) is 2.31. The van der Waals surface area contributed by atoms with Crippen LogP contribution < -0.4 is 34.3 Å². The van der Waals surface area contributed by atoms with Crippen LogP contribution in [-0.2, 0) is 10.3 Å². The van der Waals surface area contributed by atoms with Gasteiger partial charge in [0.15, 0.2) is 10.3 Å². The average molecular weight is 339 g/mol. The largest absolute Gasteiger partial charge is 1.00 e.